The van der Waals surface area contributed by atoms with Crippen molar-refractivity contribution < 1.29 is 14.7 Å². The van der Waals surface area contributed by atoms with Gasteiger partial charge in [-0.3, -0.25) is 4.84 Å². The minimum Gasteiger partial charge on any atom is -0.396 e. The van der Waals surface area contributed by atoms with Crippen LogP contribution in [0.4, 0.5) is 4.79 Å². The molecular formula is C15H28N2O3. The number of hydrogen-bond acceptors (Lipinski definition) is 3. The second kappa shape index (κ2) is 8.47. The molecule has 2 aliphatic carbocycles. The standard InChI is InChI=1S/C15H28N2O3/c18-11-10-14(12-6-2-1-3-7-12)16-15(19)17-20-13-8-4-5-9-13/h12-14,18H,1-11H2,(H2,16,17,19). The van der Waals surface area contributed by atoms with Gasteiger partial charge in [0.25, 0.3) is 0 Å². The Morgan fingerprint density at radius 3 is 2.40 bits per heavy atom. The van der Waals surface area contributed by atoms with E-state index < -0.39 is 0 Å². The van der Waals surface area contributed by atoms with Gasteiger partial charge in [-0.2, -0.15) is 0 Å². The van der Waals surface area contributed by atoms with Gasteiger partial charge in [0.05, 0.1) is 6.10 Å². The van der Waals surface area contributed by atoms with Crippen molar-refractivity contribution in [2.24, 2.45) is 5.92 Å². The average Bonchev–Trinajstić information content (AvgIpc) is 2.99. The first kappa shape index (κ1) is 15.6. The van der Waals surface area contributed by atoms with Gasteiger partial charge >= 0.3 is 6.03 Å². The zero-order valence-electron chi connectivity index (χ0n) is 12.3. The Morgan fingerprint density at radius 2 is 1.75 bits per heavy atom. The smallest absolute Gasteiger partial charge is 0.338 e. The Kier molecular flexibility index (Phi) is 6.60. The molecule has 0 aromatic carbocycles. The van der Waals surface area contributed by atoms with E-state index in [4.69, 9.17) is 4.84 Å². The highest BCUT2D eigenvalue weighted by Crippen LogP contribution is 2.27. The number of nitrogens with one attached hydrogen (secondary N) is 2. The summed E-state index contributed by atoms with van der Waals surface area (Å²) in [6.45, 7) is 0.116. The molecule has 5 nitrogen and oxygen atoms in total. The third-order valence-electron chi connectivity index (χ3n) is 4.60. The van der Waals surface area contributed by atoms with E-state index in [0.29, 0.717) is 12.3 Å². The maximum atomic E-state index is 11.9. The molecule has 0 saturated heterocycles. The molecule has 1 atom stereocenters. The van der Waals surface area contributed by atoms with Crippen LogP contribution >= 0.6 is 0 Å². The predicted molar refractivity (Wildman–Crippen MR) is 77.1 cm³/mol. The molecule has 2 fully saturated rings. The van der Waals surface area contributed by atoms with Crippen molar-refractivity contribution in [2.75, 3.05) is 6.61 Å². The van der Waals surface area contributed by atoms with E-state index in [-0.39, 0.29) is 24.8 Å². The Bertz CT molecular complexity index is 287. The van der Waals surface area contributed by atoms with Crippen LogP contribution in [0.5, 0.6) is 0 Å². The average molecular weight is 284 g/mol. The number of hydroxylamine groups is 1. The quantitative estimate of drug-likeness (QED) is 0.656. The maximum absolute atomic E-state index is 11.9. The van der Waals surface area contributed by atoms with Gasteiger partial charge in [0.1, 0.15) is 0 Å². The molecule has 5 heteroatoms. The number of urea groups is 1. The molecule has 0 aromatic heterocycles. The summed E-state index contributed by atoms with van der Waals surface area (Å²) in [4.78, 5) is 17.3. The van der Waals surface area contributed by atoms with Gasteiger partial charge < -0.3 is 10.4 Å². The third-order valence-corrected chi connectivity index (χ3v) is 4.60. The lowest BCUT2D eigenvalue weighted by atomic mass is 9.83. The Morgan fingerprint density at radius 1 is 1.10 bits per heavy atom. The van der Waals surface area contributed by atoms with Crippen LogP contribution in [0, 0.1) is 5.92 Å². The first-order valence-electron chi connectivity index (χ1n) is 8.12. The molecule has 20 heavy (non-hydrogen) atoms. The number of rotatable bonds is 6. The van der Waals surface area contributed by atoms with Crippen LogP contribution < -0.4 is 10.8 Å². The Hall–Kier alpha value is -0.810. The number of carbonyl (C=O) groups is 1. The third kappa shape index (κ3) is 4.94. The van der Waals surface area contributed by atoms with E-state index in [1.807, 2.05) is 0 Å². The second-order valence-corrected chi connectivity index (χ2v) is 6.12. The molecule has 2 aliphatic rings. The number of aliphatic hydroxyl groups excluding tert-OH is 1. The zero-order valence-corrected chi connectivity index (χ0v) is 12.3. The van der Waals surface area contributed by atoms with Crippen LogP contribution in [0.15, 0.2) is 0 Å². The number of amides is 2. The van der Waals surface area contributed by atoms with Crippen LogP contribution in [0.1, 0.15) is 64.2 Å². The van der Waals surface area contributed by atoms with Crippen LogP contribution in [-0.4, -0.2) is 29.9 Å². The fraction of sp³-hybridized carbons (Fsp3) is 0.933. The Labute approximate surface area is 121 Å². The molecule has 116 valence electrons. The molecule has 3 N–H and O–H groups in total. The summed E-state index contributed by atoms with van der Waals surface area (Å²) < 4.78 is 0. The van der Waals surface area contributed by atoms with E-state index in [1.54, 1.807) is 0 Å². The Balaban J connectivity index is 1.72. The highest BCUT2D eigenvalue weighted by atomic mass is 16.7. The van der Waals surface area contributed by atoms with Gasteiger partial charge in [0, 0.05) is 12.6 Å². The van der Waals surface area contributed by atoms with Crippen molar-refractivity contribution in [1.29, 1.82) is 0 Å². The van der Waals surface area contributed by atoms with Gasteiger partial charge in [-0.15, -0.1) is 0 Å². The minimum absolute atomic E-state index is 0.0625. The lowest BCUT2D eigenvalue weighted by Crippen LogP contribution is -2.47. The van der Waals surface area contributed by atoms with Crippen LogP contribution in [0.2, 0.25) is 0 Å². The fourth-order valence-corrected chi connectivity index (χ4v) is 3.44. The molecule has 2 rings (SSSR count). The molecular weight excluding hydrogens is 256 g/mol. The minimum atomic E-state index is -0.263. The second-order valence-electron chi connectivity index (χ2n) is 6.12. The molecule has 0 bridgehead atoms. The molecule has 0 heterocycles. The fourth-order valence-electron chi connectivity index (χ4n) is 3.44. The van der Waals surface area contributed by atoms with E-state index in [1.165, 1.54) is 32.1 Å². The first-order chi connectivity index (χ1) is 9.79. The molecule has 2 amide bonds. The van der Waals surface area contributed by atoms with Crippen molar-refractivity contribution in [3.63, 3.8) is 0 Å². The highest BCUT2D eigenvalue weighted by molar-refractivity contribution is 5.73. The maximum Gasteiger partial charge on any atom is 0.338 e. The summed E-state index contributed by atoms with van der Waals surface area (Å²) in [5.41, 5.74) is 2.52. The van der Waals surface area contributed by atoms with Crippen molar-refractivity contribution in [2.45, 2.75) is 76.4 Å². The molecule has 0 radical (unpaired) electrons. The molecule has 0 spiro atoms. The summed E-state index contributed by atoms with van der Waals surface area (Å²) in [6.07, 6.45) is 11.3. The SMILES string of the molecule is O=C(NOC1CCCC1)NC(CCO)C1CCCCC1. The number of hydrogen-bond donors (Lipinski definition) is 3. The van der Waals surface area contributed by atoms with Gasteiger partial charge in [-0.1, -0.05) is 32.1 Å². The largest absolute Gasteiger partial charge is 0.396 e. The number of carbonyl (C=O) groups excluding carboxylic acids is 1. The number of aliphatic hydroxyl groups is 1. The molecule has 1 unspecified atom stereocenters. The van der Waals surface area contributed by atoms with E-state index >= 15 is 0 Å². The summed E-state index contributed by atoms with van der Waals surface area (Å²) >= 11 is 0. The summed E-state index contributed by atoms with van der Waals surface area (Å²) in [6, 6.07) is -0.201. The zero-order chi connectivity index (χ0) is 14.2. The van der Waals surface area contributed by atoms with Gasteiger partial charge in [0.2, 0.25) is 0 Å². The van der Waals surface area contributed by atoms with E-state index in [2.05, 4.69) is 10.8 Å². The molecule has 2 saturated carbocycles. The topological polar surface area (TPSA) is 70.6 Å². The van der Waals surface area contributed by atoms with Gasteiger partial charge in [-0.25, -0.2) is 10.3 Å². The van der Waals surface area contributed by atoms with Gasteiger partial charge in [0.15, 0.2) is 0 Å². The summed E-state index contributed by atoms with van der Waals surface area (Å²) in [7, 11) is 0. The van der Waals surface area contributed by atoms with Crippen LogP contribution in [0.25, 0.3) is 0 Å². The molecule has 0 aromatic rings. The van der Waals surface area contributed by atoms with E-state index in [9.17, 15) is 9.90 Å². The van der Waals surface area contributed by atoms with Gasteiger partial charge in [-0.05, 0) is 38.0 Å². The van der Waals surface area contributed by atoms with Crippen LogP contribution in [0.3, 0.4) is 0 Å². The highest BCUT2D eigenvalue weighted by Gasteiger charge is 2.25. The lowest BCUT2D eigenvalue weighted by molar-refractivity contribution is -0.00124. The molecule has 0 aliphatic heterocycles. The van der Waals surface area contributed by atoms with Crippen molar-refractivity contribution in [3.8, 4) is 0 Å². The summed E-state index contributed by atoms with van der Waals surface area (Å²) in [5, 5.41) is 12.2. The summed E-state index contributed by atoms with van der Waals surface area (Å²) in [5.74, 6) is 0.494. The monoisotopic (exact) mass is 284 g/mol. The predicted octanol–water partition coefficient (Wildman–Crippen LogP) is 2.49. The van der Waals surface area contributed by atoms with E-state index in [0.717, 1.165) is 25.7 Å². The van der Waals surface area contributed by atoms with Crippen LogP contribution in [-0.2, 0) is 4.84 Å². The lowest BCUT2D eigenvalue weighted by Gasteiger charge is -2.30. The normalized spacial score (nSPS) is 22.6. The first-order valence-corrected chi connectivity index (χ1v) is 8.12. The van der Waals surface area contributed by atoms with Crippen molar-refractivity contribution >= 4 is 6.03 Å². The van der Waals surface area contributed by atoms with Crippen molar-refractivity contribution in [3.05, 3.63) is 0 Å². The van der Waals surface area contributed by atoms with Crippen molar-refractivity contribution in [1.82, 2.24) is 10.8 Å².